The highest BCUT2D eigenvalue weighted by molar-refractivity contribution is 7.10. The van der Waals surface area contributed by atoms with Crippen LogP contribution in [-0.2, 0) is 13.0 Å². The summed E-state index contributed by atoms with van der Waals surface area (Å²) in [6.07, 6.45) is 1.08. The molecule has 0 spiro atoms. The Bertz CT molecular complexity index is 938. The normalized spacial score (nSPS) is 16.7. The first-order valence-corrected chi connectivity index (χ1v) is 11.1. The van der Waals surface area contributed by atoms with Crippen LogP contribution in [0, 0.1) is 0 Å². The summed E-state index contributed by atoms with van der Waals surface area (Å²) >= 11 is 1.77. The Labute approximate surface area is 176 Å². The van der Waals surface area contributed by atoms with E-state index in [0.717, 1.165) is 25.3 Å². The Morgan fingerprint density at radius 1 is 1.10 bits per heavy atom. The molecule has 2 aromatic carbocycles. The first kappa shape index (κ1) is 19.7. The standard InChI is InChI=1S/C24H26N2O2S/c1-2-28-21-11-9-19(10-12-21)24(27)25-16-22(23-8-5-15-29-23)26-14-13-18-6-3-4-7-20(18)17-26/h3-12,15,22H,2,13-14,16-17H2,1H3,(H,25,27)/p+1/t22-/m1/s1. The monoisotopic (exact) mass is 407 g/mol. The largest absolute Gasteiger partial charge is 0.494 e. The van der Waals surface area contributed by atoms with E-state index in [1.165, 1.54) is 20.9 Å². The quantitative estimate of drug-likeness (QED) is 0.631. The second kappa shape index (κ2) is 9.25. The van der Waals surface area contributed by atoms with Crippen molar-refractivity contribution in [1.29, 1.82) is 0 Å². The molecule has 2 atom stereocenters. The average Bonchev–Trinajstić information content (AvgIpc) is 3.29. The molecule has 1 aromatic heterocycles. The van der Waals surface area contributed by atoms with Crippen molar-refractivity contribution in [2.45, 2.75) is 25.9 Å². The van der Waals surface area contributed by atoms with Crippen molar-refractivity contribution in [3.8, 4) is 5.75 Å². The Hall–Kier alpha value is -2.63. The van der Waals surface area contributed by atoms with Crippen LogP contribution in [0.25, 0.3) is 0 Å². The van der Waals surface area contributed by atoms with Crippen molar-refractivity contribution < 1.29 is 14.4 Å². The van der Waals surface area contributed by atoms with E-state index in [2.05, 4.69) is 47.1 Å². The second-order valence-corrected chi connectivity index (χ2v) is 8.32. The summed E-state index contributed by atoms with van der Waals surface area (Å²) in [5, 5.41) is 5.29. The summed E-state index contributed by atoms with van der Waals surface area (Å²) in [6, 6.07) is 20.6. The number of rotatable bonds is 7. The fourth-order valence-corrected chi connectivity index (χ4v) is 4.89. The summed E-state index contributed by atoms with van der Waals surface area (Å²) in [7, 11) is 0. The molecule has 1 unspecified atom stereocenters. The maximum Gasteiger partial charge on any atom is 0.251 e. The van der Waals surface area contributed by atoms with Crippen LogP contribution in [0.3, 0.4) is 0 Å². The summed E-state index contributed by atoms with van der Waals surface area (Å²) in [6.45, 7) is 5.28. The average molecular weight is 408 g/mol. The molecule has 1 amide bonds. The second-order valence-electron chi connectivity index (χ2n) is 7.34. The van der Waals surface area contributed by atoms with Gasteiger partial charge >= 0.3 is 0 Å². The van der Waals surface area contributed by atoms with Crippen LogP contribution in [-0.4, -0.2) is 25.6 Å². The summed E-state index contributed by atoms with van der Waals surface area (Å²) in [4.78, 5) is 15.5. The third-order valence-electron chi connectivity index (χ3n) is 5.53. The first-order chi connectivity index (χ1) is 14.2. The van der Waals surface area contributed by atoms with Crippen molar-refractivity contribution >= 4 is 17.2 Å². The molecule has 1 aliphatic heterocycles. The molecule has 5 heteroatoms. The van der Waals surface area contributed by atoms with Gasteiger partial charge in [-0.1, -0.05) is 30.3 Å². The molecule has 0 saturated heterocycles. The van der Waals surface area contributed by atoms with Gasteiger partial charge in [0.2, 0.25) is 0 Å². The number of quaternary nitrogens is 1. The number of carbonyl (C=O) groups excluding carboxylic acids is 1. The van der Waals surface area contributed by atoms with E-state index in [0.29, 0.717) is 18.7 Å². The molecule has 0 saturated carbocycles. The van der Waals surface area contributed by atoms with Crippen molar-refractivity contribution in [3.63, 3.8) is 0 Å². The lowest BCUT2D eigenvalue weighted by atomic mass is 9.98. The van der Waals surface area contributed by atoms with Crippen LogP contribution < -0.4 is 15.0 Å². The van der Waals surface area contributed by atoms with Gasteiger partial charge in [0, 0.05) is 17.5 Å². The minimum Gasteiger partial charge on any atom is -0.494 e. The van der Waals surface area contributed by atoms with E-state index in [1.54, 1.807) is 11.3 Å². The fourth-order valence-electron chi connectivity index (χ4n) is 4.00. The number of amides is 1. The maximum absolute atomic E-state index is 12.7. The molecule has 150 valence electrons. The molecular weight excluding hydrogens is 380 g/mol. The van der Waals surface area contributed by atoms with Gasteiger partial charge < -0.3 is 15.0 Å². The molecule has 2 N–H and O–H groups in total. The zero-order valence-corrected chi connectivity index (χ0v) is 17.5. The highest BCUT2D eigenvalue weighted by Crippen LogP contribution is 2.19. The van der Waals surface area contributed by atoms with Crippen LogP contribution in [0.5, 0.6) is 5.75 Å². The van der Waals surface area contributed by atoms with Crippen LogP contribution >= 0.6 is 11.3 Å². The number of hydrogen-bond donors (Lipinski definition) is 2. The van der Waals surface area contributed by atoms with Gasteiger partial charge in [0.25, 0.3) is 5.91 Å². The van der Waals surface area contributed by atoms with Crippen LogP contribution in [0.2, 0.25) is 0 Å². The Balaban J connectivity index is 1.45. The van der Waals surface area contributed by atoms with Crippen molar-refractivity contribution in [1.82, 2.24) is 5.32 Å². The highest BCUT2D eigenvalue weighted by atomic mass is 32.1. The third kappa shape index (κ3) is 4.69. The number of thiophene rings is 1. The van der Waals surface area contributed by atoms with Crippen molar-refractivity contribution in [3.05, 3.63) is 87.6 Å². The summed E-state index contributed by atoms with van der Waals surface area (Å²) < 4.78 is 5.46. The number of carbonyl (C=O) groups is 1. The van der Waals surface area contributed by atoms with E-state index < -0.39 is 0 Å². The Morgan fingerprint density at radius 2 is 1.90 bits per heavy atom. The lowest BCUT2D eigenvalue weighted by Gasteiger charge is -2.32. The number of fused-ring (bicyclic) bond motifs is 1. The van der Waals surface area contributed by atoms with Crippen LogP contribution in [0.15, 0.2) is 66.0 Å². The van der Waals surface area contributed by atoms with Gasteiger partial charge in [-0.15, -0.1) is 11.3 Å². The zero-order valence-electron chi connectivity index (χ0n) is 16.7. The molecule has 0 aliphatic carbocycles. The van der Waals surface area contributed by atoms with Crippen molar-refractivity contribution in [2.24, 2.45) is 0 Å². The number of nitrogens with one attached hydrogen (secondary N) is 2. The van der Waals surface area contributed by atoms with E-state index >= 15 is 0 Å². The van der Waals surface area contributed by atoms with Gasteiger partial charge in [0.1, 0.15) is 18.3 Å². The molecular formula is C24H27N2O2S+. The van der Waals surface area contributed by atoms with Gasteiger partial charge in [-0.3, -0.25) is 4.79 Å². The third-order valence-corrected chi connectivity index (χ3v) is 6.51. The van der Waals surface area contributed by atoms with Crippen molar-refractivity contribution in [2.75, 3.05) is 19.7 Å². The first-order valence-electron chi connectivity index (χ1n) is 10.2. The lowest BCUT2D eigenvalue weighted by Crippen LogP contribution is -3.12. The van der Waals surface area contributed by atoms with E-state index in [4.69, 9.17) is 4.74 Å². The zero-order chi connectivity index (χ0) is 20.1. The van der Waals surface area contributed by atoms with Crippen LogP contribution in [0.4, 0.5) is 0 Å². The molecule has 3 aromatic rings. The van der Waals surface area contributed by atoms with E-state index in [1.807, 2.05) is 31.2 Å². The van der Waals surface area contributed by atoms with E-state index in [-0.39, 0.29) is 11.9 Å². The predicted molar refractivity (Wildman–Crippen MR) is 117 cm³/mol. The summed E-state index contributed by atoms with van der Waals surface area (Å²) in [5.41, 5.74) is 3.55. The van der Waals surface area contributed by atoms with E-state index in [9.17, 15) is 4.79 Å². The van der Waals surface area contributed by atoms with Crippen LogP contribution in [0.1, 0.15) is 39.3 Å². The van der Waals surface area contributed by atoms with Gasteiger partial charge in [0.15, 0.2) is 0 Å². The molecule has 29 heavy (non-hydrogen) atoms. The molecule has 4 nitrogen and oxygen atoms in total. The predicted octanol–water partition coefficient (Wildman–Crippen LogP) is 3.26. The molecule has 0 bridgehead atoms. The van der Waals surface area contributed by atoms with Gasteiger partial charge in [0.05, 0.1) is 24.6 Å². The Kier molecular flexibility index (Phi) is 6.27. The van der Waals surface area contributed by atoms with Gasteiger partial charge in [-0.2, -0.15) is 0 Å². The summed E-state index contributed by atoms with van der Waals surface area (Å²) in [5.74, 6) is 0.753. The molecule has 0 radical (unpaired) electrons. The minimum absolute atomic E-state index is 0.0357. The maximum atomic E-state index is 12.7. The smallest absolute Gasteiger partial charge is 0.251 e. The number of benzene rings is 2. The minimum atomic E-state index is -0.0357. The van der Waals surface area contributed by atoms with Gasteiger partial charge in [-0.25, -0.2) is 0 Å². The lowest BCUT2D eigenvalue weighted by molar-refractivity contribution is -0.945. The molecule has 1 aliphatic rings. The molecule has 4 rings (SSSR count). The van der Waals surface area contributed by atoms with Gasteiger partial charge in [-0.05, 0) is 48.2 Å². The SMILES string of the molecule is CCOc1ccc(C(=O)NC[C@H](c2cccs2)[NH+]2CCc3ccccc3C2)cc1. The highest BCUT2D eigenvalue weighted by Gasteiger charge is 2.29. The topological polar surface area (TPSA) is 42.8 Å². The fraction of sp³-hybridized carbons (Fsp3) is 0.292. The number of ether oxygens (including phenoxy) is 1. The molecule has 0 fully saturated rings. The Morgan fingerprint density at radius 3 is 2.62 bits per heavy atom. The number of hydrogen-bond acceptors (Lipinski definition) is 3. The molecule has 2 heterocycles.